The molecule has 6 nitrogen and oxygen atoms in total. The van der Waals surface area contributed by atoms with Crippen LogP contribution in [0, 0.1) is 0 Å². The number of hydrogen-bond acceptors (Lipinski definition) is 4. The molecule has 6 heteroatoms. The van der Waals surface area contributed by atoms with Gasteiger partial charge in [-0.3, -0.25) is 9.59 Å². The van der Waals surface area contributed by atoms with Gasteiger partial charge in [-0.15, -0.1) is 0 Å². The Hall–Kier alpha value is -2.44. The van der Waals surface area contributed by atoms with Crippen LogP contribution in [0.25, 0.3) is 0 Å². The first-order chi connectivity index (χ1) is 16.7. The van der Waals surface area contributed by atoms with Crippen molar-refractivity contribution < 1.29 is 28.7 Å². The number of nitrogens with zero attached hydrogens (tertiary/aromatic N) is 1. The van der Waals surface area contributed by atoms with E-state index in [-0.39, 0.29) is 18.8 Å². The highest BCUT2D eigenvalue weighted by Crippen LogP contribution is 2.28. The van der Waals surface area contributed by atoms with Gasteiger partial charge < -0.3 is 19.1 Å². The summed E-state index contributed by atoms with van der Waals surface area (Å²) in [6.45, 7) is 2.63. The van der Waals surface area contributed by atoms with E-state index in [1.807, 2.05) is 33.3 Å². The second kappa shape index (κ2) is 17.9. The summed E-state index contributed by atoms with van der Waals surface area (Å²) in [6, 6.07) is 0. The Bertz CT molecular complexity index is 758. The number of allylic oxidation sites excluding steroid dienone is 9. The van der Waals surface area contributed by atoms with Gasteiger partial charge in [0, 0.05) is 6.42 Å². The van der Waals surface area contributed by atoms with E-state index in [9.17, 15) is 9.59 Å². The molecular weight excluding hydrogens is 442 g/mol. The van der Waals surface area contributed by atoms with E-state index in [1.54, 1.807) is 0 Å². The van der Waals surface area contributed by atoms with Gasteiger partial charge in [-0.05, 0) is 44.9 Å². The molecule has 0 amide bonds. The fourth-order valence-corrected chi connectivity index (χ4v) is 3.57. The van der Waals surface area contributed by atoms with Crippen molar-refractivity contribution in [2.45, 2.75) is 83.0 Å². The number of hydrogen-bond donors (Lipinski definition) is 1. The lowest BCUT2D eigenvalue weighted by molar-refractivity contribution is -0.873. The molecule has 3 atom stereocenters. The molecule has 1 aliphatic rings. The zero-order valence-electron chi connectivity index (χ0n) is 22.1. The number of aliphatic carboxylic acids is 1. The monoisotopic (exact) mass is 488 g/mol. The smallest absolute Gasteiger partial charge is 0.307 e. The lowest BCUT2D eigenvalue weighted by Gasteiger charge is -2.28. The maximum atomic E-state index is 12.0. The summed E-state index contributed by atoms with van der Waals surface area (Å²) in [6.07, 6.45) is 28.2. The van der Waals surface area contributed by atoms with Crippen LogP contribution in [-0.2, 0) is 19.1 Å². The van der Waals surface area contributed by atoms with E-state index in [1.165, 1.54) is 0 Å². The number of likely N-dealkylation sites (N-methyl/N-ethyl adjacent to an activating group) is 1. The molecule has 0 aromatic heterocycles. The molecule has 35 heavy (non-hydrogen) atoms. The summed E-state index contributed by atoms with van der Waals surface area (Å²) in [5.74, 6) is -1.31. The minimum absolute atomic E-state index is 0.167. The molecule has 0 aliphatic carbocycles. The highest BCUT2D eigenvalue weighted by Gasteiger charge is 2.35. The van der Waals surface area contributed by atoms with Crippen molar-refractivity contribution in [1.82, 2.24) is 0 Å². The highest BCUT2D eigenvalue weighted by molar-refractivity contribution is 5.71. The molecule has 0 aromatic carbocycles. The van der Waals surface area contributed by atoms with Gasteiger partial charge in [0.1, 0.15) is 6.54 Å². The van der Waals surface area contributed by atoms with E-state index < -0.39 is 12.1 Å². The van der Waals surface area contributed by atoms with Gasteiger partial charge >= 0.3 is 11.9 Å². The number of carbonyl (C=O) groups is 2. The van der Waals surface area contributed by atoms with Crippen molar-refractivity contribution in [3.63, 3.8) is 0 Å². The fraction of sp³-hybridized carbons (Fsp3) is 0.586. The minimum Gasteiger partial charge on any atom is -0.481 e. The third kappa shape index (κ3) is 18.5. The number of carboxylic acid groups (broad SMARTS) is 1. The molecule has 0 bridgehead atoms. The van der Waals surface area contributed by atoms with Gasteiger partial charge in [-0.25, -0.2) is 0 Å². The summed E-state index contributed by atoms with van der Waals surface area (Å²) in [5, 5.41) is 9.02. The molecule has 1 N–H and O–H groups in total. The van der Waals surface area contributed by atoms with E-state index in [0.29, 0.717) is 29.7 Å². The van der Waals surface area contributed by atoms with Crippen LogP contribution in [0.2, 0.25) is 0 Å². The predicted octanol–water partition coefficient (Wildman–Crippen LogP) is 5.77. The van der Waals surface area contributed by atoms with Gasteiger partial charge in [0.15, 0.2) is 6.10 Å². The number of carboxylic acids is 1. The molecule has 1 saturated heterocycles. The highest BCUT2D eigenvalue weighted by atomic mass is 16.6. The Labute approximate surface area is 212 Å². The largest absolute Gasteiger partial charge is 0.481 e. The molecule has 196 valence electrons. The molecule has 0 radical (unpaired) electrons. The first-order valence-electron chi connectivity index (χ1n) is 12.8. The minimum atomic E-state index is -0.956. The van der Waals surface area contributed by atoms with Gasteiger partial charge in [0.2, 0.25) is 0 Å². The number of carbonyl (C=O) groups excluding carboxylic acids is 1. The van der Waals surface area contributed by atoms with Gasteiger partial charge in [-0.1, -0.05) is 67.7 Å². The average molecular weight is 489 g/mol. The van der Waals surface area contributed by atoms with Crippen LogP contribution in [0.15, 0.2) is 60.8 Å². The Morgan fingerprint density at radius 2 is 1.37 bits per heavy atom. The van der Waals surface area contributed by atoms with Gasteiger partial charge in [0.05, 0.1) is 39.8 Å². The molecule has 1 aliphatic heterocycles. The molecule has 1 rings (SSSR count). The van der Waals surface area contributed by atoms with Gasteiger partial charge in [-0.2, -0.15) is 0 Å². The van der Waals surface area contributed by atoms with E-state index >= 15 is 0 Å². The molecule has 1 heterocycles. The molecule has 1 fully saturated rings. The lowest BCUT2D eigenvalue weighted by atomic mass is 10.2. The fourth-order valence-electron chi connectivity index (χ4n) is 3.57. The summed E-state index contributed by atoms with van der Waals surface area (Å²) in [5.41, 5.74) is 0. The maximum absolute atomic E-state index is 12.0. The van der Waals surface area contributed by atoms with Crippen LogP contribution < -0.4 is 0 Å². The lowest BCUT2D eigenvalue weighted by Crippen LogP contribution is -2.43. The molecule has 0 spiro atoms. The normalized spacial score (nSPS) is 19.5. The standard InChI is InChI=1S/C29H45NO5/c1-5-26-27(35-26)21-19-17-15-13-11-9-7-6-8-10-12-14-16-18-20-22-29(33)34-25(23-28(31)32)24-30(2,3)4/h6-7,10-13,16-19,25-27H,5,8-9,14-15,20-24H2,1-4H3/p+1/b7-6+,12-10+,13-11+,18-16+,19-17+. The summed E-state index contributed by atoms with van der Waals surface area (Å²) < 4.78 is 11.4. The quantitative estimate of drug-likeness (QED) is 0.108. The third-order valence-corrected chi connectivity index (χ3v) is 5.35. The topological polar surface area (TPSA) is 76.1 Å². The van der Waals surface area contributed by atoms with Crippen LogP contribution in [0.3, 0.4) is 0 Å². The maximum Gasteiger partial charge on any atom is 0.307 e. The number of ether oxygens (including phenoxy) is 2. The van der Waals surface area contributed by atoms with E-state index in [4.69, 9.17) is 14.6 Å². The zero-order valence-corrected chi connectivity index (χ0v) is 22.1. The molecule has 3 unspecified atom stereocenters. The molecular formula is C29H46NO5+. The Morgan fingerprint density at radius 1 is 0.857 bits per heavy atom. The summed E-state index contributed by atoms with van der Waals surface area (Å²) in [7, 11) is 5.83. The first-order valence-corrected chi connectivity index (χ1v) is 12.8. The number of rotatable bonds is 19. The Morgan fingerprint density at radius 3 is 1.83 bits per heavy atom. The van der Waals surface area contributed by atoms with E-state index in [0.717, 1.165) is 38.5 Å². The van der Waals surface area contributed by atoms with Crippen LogP contribution in [0.1, 0.15) is 64.7 Å². The van der Waals surface area contributed by atoms with Crippen LogP contribution in [-0.4, -0.2) is 67.5 Å². The van der Waals surface area contributed by atoms with Crippen molar-refractivity contribution in [2.75, 3.05) is 27.7 Å². The Balaban J connectivity index is 2.05. The van der Waals surface area contributed by atoms with Crippen molar-refractivity contribution in [3.8, 4) is 0 Å². The van der Waals surface area contributed by atoms with Crippen molar-refractivity contribution in [1.29, 1.82) is 0 Å². The number of esters is 1. The number of epoxide rings is 1. The summed E-state index contributed by atoms with van der Waals surface area (Å²) >= 11 is 0. The van der Waals surface area contributed by atoms with Crippen molar-refractivity contribution in [2.24, 2.45) is 0 Å². The first kappa shape index (κ1) is 30.6. The second-order valence-corrected chi connectivity index (χ2v) is 9.88. The average Bonchev–Trinajstić information content (AvgIpc) is 3.52. The third-order valence-electron chi connectivity index (χ3n) is 5.35. The van der Waals surface area contributed by atoms with Crippen molar-refractivity contribution >= 4 is 11.9 Å². The van der Waals surface area contributed by atoms with Crippen molar-refractivity contribution in [3.05, 3.63) is 60.8 Å². The van der Waals surface area contributed by atoms with Gasteiger partial charge in [0.25, 0.3) is 0 Å². The molecule has 0 aromatic rings. The Kier molecular flexibility index (Phi) is 15.7. The zero-order chi connectivity index (χ0) is 25.9. The van der Waals surface area contributed by atoms with Crippen LogP contribution in [0.5, 0.6) is 0 Å². The van der Waals surface area contributed by atoms with Crippen LogP contribution in [0.4, 0.5) is 0 Å². The predicted molar refractivity (Wildman–Crippen MR) is 142 cm³/mol. The SMILES string of the molecule is CCC1OC1C/C=C/C/C=C/C/C=C/C/C=C/C/C=C/CCC(=O)OC(CC(=O)O)C[N+](C)(C)C. The van der Waals surface area contributed by atoms with Crippen LogP contribution >= 0.6 is 0 Å². The number of quaternary nitrogens is 1. The summed E-state index contributed by atoms with van der Waals surface area (Å²) in [4.78, 5) is 23.0. The van der Waals surface area contributed by atoms with E-state index in [2.05, 4.69) is 55.5 Å². The second-order valence-electron chi connectivity index (χ2n) is 9.88. The molecule has 0 saturated carbocycles.